The molecule has 6 nitrogen and oxygen atoms in total. The van der Waals surface area contributed by atoms with Gasteiger partial charge in [-0.15, -0.1) is 0 Å². The van der Waals surface area contributed by atoms with Crippen molar-refractivity contribution in [3.05, 3.63) is 95.9 Å². The van der Waals surface area contributed by atoms with E-state index < -0.39 is 0 Å². The number of carbonyl (C=O) groups is 1. The van der Waals surface area contributed by atoms with Crippen LogP contribution in [0.3, 0.4) is 0 Å². The lowest BCUT2D eigenvalue weighted by Gasteiger charge is -2.08. The fourth-order valence-electron chi connectivity index (χ4n) is 2.80. The largest absolute Gasteiger partial charge is 0.489 e. The molecule has 0 atom stereocenters. The number of nitrogens with one attached hydrogen (secondary N) is 2. The minimum Gasteiger partial charge on any atom is -0.489 e. The van der Waals surface area contributed by atoms with Crippen LogP contribution in [0.25, 0.3) is 11.3 Å². The third kappa shape index (κ3) is 4.47. The summed E-state index contributed by atoms with van der Waals surface area (Å²) in [6, 6.07) is 22.5. The van der Waals surface area contributed by atoms with Gasteiger partial charge in [-0.25, -0.2) is 4.39 Å². The van der Waals surface area contributed by atoms with E-state index in [4.69, 9.17) is 4.74 Å². The lowest BCUT2D eigenvalue weighted by Crippen LogP contribution is -2.13. The van der Waals surface area contributed by atoms with E-state index in [1.165, 1.54) is 12.1 Å². The first-order valence-corrected chi connectivity index (χ1v) is 8.94. The van der Waals surface area contributed by atoms with E-state index in [0.717, 1.165) is 11.1 Å². The zero-order valence-electron chi connectivity index (χ0n) is 15.3. The predicted octanol–water partition coefficient (Wildman–Crippen LogP) is 4.44. The second-order valence-corrected chi connectivity index (χ2v) is 6.28. The van der Waals surface area contributed by atoms with E-state index in [2.05, 4.69) is 20.7 Å². The monoisotopic (exact) mass is 388 g/mol. The molecule has 0 unspecified atom stereocenters. The molecule has 0 radical (unpaired) electrons. The van der Waals surface area contributed by atoms with Gasteiger partial charge in [0.05, 0.1) is 0 Å². The molecule has 4 aromatic rings. The van der Waals surface area contributed by atoms with Gasteiger partial charge >= 0.3 is 0 Å². The van der Waals surface area contributed by atoms with Gasteiger partial charge in [0.15, 0.2) is 5.69 Å². The predicted molar refractivity (Wildman–Crippen MR) is 107 cm³/mol. The van der Waals surface area contributed by atoms with Gasteiger partial charge in [0.1, 0.15) is 23.9 Å². The van der Waals surface area contributed by atoms with E-state index in [9.17, 15) is 9.18 Å². The molecule has 3 aromatic carbocycles. The summed E-state index contributed by atoms with van der Waals surface area (Å²) in [5.74, 6) is -0.0587. The van der Waals surface area contributed by atoms with Crippen molar-refractivity contribution in [2.24, 2.45) is 0 Å². The third-order valence-corrected chi connectivity index (χ3v) is 4.22. The first-order valence-electron chi connectivity index (χ1n) is 8.94. The number of ether oxygens (including phenoxy) is 1. The van der Waals surface area contributed by atoms with Crippen LogP contribution in [0.15, 0.2) is 78.9 Å². The summed E-state index contributed by atoms with van der Waals surface area (Å²) in [7, 11) is 0. The van der Waals surface area contributed by atoms with E-state index >= 15 is 0 Å². The van der Waals surface area contributed by atoms with Crippen molar-refractivity contribution in [3.8, 4) is 17.0 Å². The molecular formula is C22H17FN4O2. The van der Waals surface area contributed by atoms with E-state index in [0.29, 0.717) is 17.1 Å². The number of amides is 1. The fourth-order valence-corrected chi connectivity index (χ4v) is 2.80. The normalized spacial score (nSPS) is 10.5. The SMILES string of the molecule is O=C(Nc1ccc(OCc2cccc(F)c2)cc1)c1n[nH]nc1-c1ccccc1. The van der Waals surface area contributed by atoms with Gasteiger partial charge in [-0.1, -0.05) is 42.5 Å². The van der Waals surface area contributed by atoms with Crippen LogP contribution < -0.4 is 10.1 Å². The molecule has 0 saturated heterocycles. The molecule has 1 amide bonds. The Hall–Kier alpha value is -4.00. The number of halogens is 1. The zero-order chi connectivity index (χ0) is 20.1. The van der Waals surface area contributed by atoms with E-state index in [1.807, 2.05) is 30.3 Å². The molecule has 4 rings (SSSR count). The Morgan fingerprint density at radius 1 is 0.966 bits per heavy atom. The number of H-pyrrole nitrogens is 1. The molecule has 0 spiro atoms. The minimum atomic E-state index is -0.369. The van der Waals surface area contributed by atoms with Gasteiger partial charge in [-0.3, -0.25) is 4.79 Å². The number of benzene rings is 3. The van der Waals surface area contributed by atoms with Crippen molar-refractivity contribution in [2.75, 3.05) is 5.32 Å². The van der Waals surface area contributed by atoms with Gasteiger partial charge in [-0.05, 0) is 42.0 Å². The molecule has 1 aromatic heterocycles. The van der Waals surface area contributed by atoms with Crippen LogP contribution >= 0.6 is 0 Å². The number of anilines is 1. The highest BCUT2D eigenvalue weighted by molar-refractivity contribution is 6.06. The molecule has 0 bridgehead atoms. The molecule has 0 aliphatic rings. The van der Waals surface area contributed by atoms with Gasteiger partial charge in [0, 0.05) is 11.3 Å². The highest BCUT2D eigenvalue weighted by Crippen LogP contribution is 2.21. The maximum Gasteiger partial charge on any atom is 0.278 e. The third-order valence-electron chi connectivity index (χ3n) is 4.22. The molecule has 0 aliphatic heterocycles. The molecule has 144 valence electrons. The molecule has 1 heterocycles. The second-order valence-electron chi connectivity index (χ2n) is 6.28. The molecule has 0 aliphatic carbocycles. The first-order chi connectivity index (χ1) is 14.2. The molecule has 0 fully saturated rings. The Balaban J connectivity index is 1.40. The number of aromatic nitrogens is 3. The molecule has 29 heavy (non-hydrogen) atoms. The average molecular weight is 388 g/mol. The highest BCUT2D eigenvalue weighted by Gasteiger charge is 2.17. The Bertz CT molecular complexity index is 1110. The van der Waals surface area contributed by atoms with E-state index in [1.54, 1.807) is 36.4 Å². The Morgan fingerprint density at radius 2 is 1.76 bits per heavy atom. The quantitative estimate of drug-likeness (QED) is 0.512. The maximum absolute atomic E-state index is 13.2. The van der Waals surface area contributed by atoms with E-state index in [-0.39, 0.29) is 24.0 Å². The van der Waals surface area contributed by atoms with Gasteiger partial charge in [0.2, 0.25) is 0 Å². The molecule has 7 heteroatoms. The van der Waals surface area contributed by atoms with Gasteiger partial charge in [0.25, 0.3) is 5.91 Å². The summed E-state index contributed by atoms with van der Waals surface area (Å²) in [4.78, 5) is 12.6. The minimum absolute atomic E-state index is 0.211. The maximum atomic E-state index is 13.2. The summed E-state index contributed by atoms with van der Waals surface area (Å²) >= 11 is 0. The van der Waals surface area contributed by atoms with Crippen molar-refractivity contribution in [1.29, 1.82) is 0 Å². The van der Waals surface area contributed by atoms with Gasteiger partial charge < -0.3 is 10.1 Å². The zero-order valence-corrected chi connectivity index (χ0v) is 15.3. The van der Waals surface area contributed by atoms with Crippen molar-refractivity contribution >= 4 is 11.6 Å². The summed E-state index contributed by atoms with van der Waals surface area (Å²) in [6.45, 7) is 0.253. The van der Waals surface area contributed by atoms with Crippen molar-refractivity contribution in [1.82, 2.24) is 15.4 Å². The number of hydrogen-bond acceptors (Lipinski definition) is 4. The standard InChI is InChI=1S/C22H17FN4O2/c23-17-8-4-5-15(13-17)14-29-19-11-9-18(10-12-19)24-22(28)21-20(25-27-26-21)16-6-2-1-3-7-16/h1-13H,14H2,(H,24,28)(H,25,26,27). The fraction of sp³-hybridized carbons (Fsp3) is 0.0455. The Kier molecular flexibility index (Phi) is 5.29. The first kappa shape index (κ1) is 18.4. The van der Waals surface area contributed by atoms with Crippen LogP contribution in [-0.4, -0.2) is 21.3 Å². The number of aromatic amines is 1. The smallest absolute Gasteiger partial charge is 0.278 e. The highest BCUT2D eigenvalue weighted by atomic mass is 19.1. The molecule has 0 saturated carbocycles. The van der Waals surface area contributed by atoms with Crippen LogP contribution in [0, 0.1) is 5.82 Å². The summed E-state index contributed by atoms with van der Waals surface area (Å²) in [5.41, 5.74) is 2.82. The van der Waals surface area contributed by atoms with Crippen LogP contribution in [-0.2, 0) is 6.61 Å². The number of rotatable bonds is 6. The molecule has 2 N–H and O–H groups in total. The van der Waals surface area contributed by atoms with Gasteiger partial charge in [-0.2, -0.15) is 15.4 Å². The number of carbonyl (C=O) groups excluding carboxylic acids is 1. The molecular weight excluding hydrogens is 371 g/mol. The Labute approximate surface area is 166 Å². The lowest BCUT2D eigenvalue weighted by molar-refractivity contribution is 0.102. The van der Waals surface area contributed by atoms with Crippen LogP contribution in [0.2, 0.25) is 0 Å². The summed E-state index contributed by atoms with van der Waals surface area (Å²) < 4.78 is 18.9. The second kappa shape index (κ2) is 8.35. The number of hydrogen-bond donors (Lipinski definition) is 2. The average Bonchev–Trinajstić information content (AvgIpc) is 3.24. The topological polar surface area (TPSA) is 79.9 Å². The van der Waals surface area contributed by atoms with Crippen LogP contribution in [0.4, 0.5) is 10.1 Å². The number of nitrogens with zero attached hydrogens (tertiary/aromatic N) is 2. The van der Waals surface area contributed by atoms with Crippen molar-refractivity contribution < 1.29 is 13.9 Å². The van der Waals surface area contributed by atoms with Crippen molar-refractivity contribution in [3.63, 3.8) is 0 Å². The van der Waals surface area contributed by atoms with Crippen molar-refractivity contribution in [2.45, 2.75) is 6.61 Å². The summed E-state index contributed by atoms with van der Waals surface area (Å²) in [5, 5.41) is 13.3. The lowest BCUT2D eigenvalue weighted by atomic mass is 10.1. The van der Waals surface area contributed by atoms with Crippen LogP contribution in [0.1, 0.15) is 16.1 Å². The Morgan fingerprint density at radius 3 is 2.52 bits per heavy atom. The van der Waals surface area contributed by atoms with Crippen LogP contribution in [0.5, 0.6) is 5.75 Å². The summed E-state index contributed by atoms with van der Waals surface area (Å²) in [6.07, 6.45) is 0.